The Morgan fingerprint density at radius 2 is 1.52 bits per heavy atom. The van der Waals surface area contributed by atoms with Gasteiger partial charge in [-0.05, 0) is 52.0 Å². The van der Waals surface area contributed by atoms with Crippen molar-refractivity contribution < 1.29 is 9.53 Å². The van der Waals surface area contributed by atoms with E-state index in [0.717, 1.165) is 45.1 Å². The van der Waals surface area contributed by atoms with Gasteiger partial charge in [-0.3, -0.25) is 4.79 Å². The van der Waals surface area contributed by atoms with E-state index in [-0.39, 0.29) is 12.0 Å². The van der Waals surface area contributed by atoms with Gasteiger partial charge in [-0.25, -0.2) is 0 Å². The van der Waals surface area contributed by atoms with E-state index in [2.05, 4.69) is 48.7 Å². The third kappa shape index (κ3) is 15.9. The maximum atomic E-state index is 11.8. The third-order valence-corrected chi connectivity index (χ3v) is 3.92. The number of likely N-dealkylation sites (N-methyl/N-ethyl adjacent to an activating group) is 1. The van der Waals surface area contributed by atoms with Crippen LogP contribution in [0.3, 0.4) is 0 Å². The molecule has 144 valence electrons. The van der Waals surface area contributed by atoms with Crippen molar-refractivity contribution in [1.82, 2.24) is 5.32 Å². The fourth-order valence-corrected chi connectivity index (χ4v) is 2.58. The molecule has 25 heavy (non-hydrogen) atoms. The number of unbranched alkanes of at least 4 members (excludes halogenated alkanes) is 4. The van der Waals surface area contributed by atoms with E-state index in [1.807, 2.05) is 13.8 Å². The maximum Gasteiger partial charge on any atom is 0.323 e. The van der Waals surface area contributed by atoms with Gasteiger partial charge in [0.15, 0.2) is 0 Å². The third-order valence-electron chi connectivity index (χ3n) is 3.92. The lowest BCUT2D eigenvalue weighted by molar-refractivity contribution is -0.145. The zero-order chi connectivity index (χ0) is 18.6. The number of ether oxygens (including phenoxy) is 1. The fraction of sp³-hybridized carbons (Fsp3) is 0.682. The number of carbonyl (C=O) groups is 1. The average molecular weight is 350 g/mol. The molecule has 0 fully saturated rings. The second-order valence-electron chi connectivity index (χ2n) is 6.15. The molecule has 0 aliphatic carbocycles. The zero-order valence-corrected chi connectivity index (χ0v) is 16.6. The number of hydrogen-bond donors (Lipinski definition) is 1. The van der Waals surface area contributed by atoms with Crippen LogP contribution in [-0.4, -0.2) is 25.2 Å². The Morgan fingerprint density at radius 3 is 2.16 bits per heavy atom. The first kappa shape index (κ1) is 23.6. The first-order valence-electron chi connectivity index (χ1n) is 10.1. The summed E-state index contributed by atoms with van der Waals surface area (Å²) in [5.74, 6) is -0.106. The summed E-state index contributed by atoms with van der Waals surface area (Å²) in [5.41, 5.74) is 0. The molecule has 1 N–H and O–H groups in total. The molecular weight excluding hydrogens is 310 g/mol. The van der Waals surface area contributed by atoms with Crippen LogP contribution in [0.4, 0.5) is 0 Å². The van der Waals surface area contributed by atoms with Gasteiger partial charge in [-0.1, -0.05) is 69.6 Å². The van der Waals surface area contributed by atoms with Crippen molar-refractivity contribution in [2.45, 2.75) is 84.6 Å². The molecule has 0 aromatic rings. The van der Waals surface area contributed by atoms with Crippen LogP contribution in [0.1, 0.15) is 78.6 Å². The van der Waals surface area contributed by atoms with Gasteiger partial charge in [-0.15, -0.1) is 0 Å². The summed E-state index contributed by atoms with van der Waals surface area (Å²) in [7, 11) is 0. The molecule has 3 heteroatoms. The first-order valence-corrected chi connectivity index (χ1v) is 10.1. The Hall–Kier alpha value is -1.35. The second kappa shape index (κ2) is 19.0. The molecule has 1 unspecified atom stereocenters. The minimum atomic E-state index is -0.135. The Balaban J connectivity index is 3.60. The fourth-order valence-electron chi connectivity index (χ4n) is 2.58. The quantitative estimate of drug-likeness (QED) is 0.220. The van der Waals surface area contributed by atoms with E-state index in [4.69, 9.17) is 4.74 Å². The predicted octanol–water partition coefficient (Wildman–Crippen LogP) is 5.73. The molecule has 0 heterocycles. The Bertz CT molecular complexity index is 385. The number of allylic oxidation sites excluding steroid dienone is 6. The maximum absolute atomic E-state index is 11.8. The molecule has 0 saturated carbocycles. The van der Waals surface area contributed by atoms with Gasteiger partial charge in [0, 0.05) is 0 Å². The molecule has 0 aromatic heterocycles. The van der Waals surface area contributed by atoms with Crippen molar-refractivity contribution in [2.24, 2.45) is 0 Å². The van der Waals surface area contributed by atoms with Crippen molar-refractivity contribution in [3.8, 4) is 0 Å². The lowest BCUT2D eigenvalue weighted by Crippen LogP contribution is -2.37. The summed E-state index contributed by atoms with van der Waals surface area (Å²) >= 11 is 0. The van der Waals surface area contributed by atoms with Gasteiger partial charge < -0.3 is 10.1 Å². The van der Waals surface area contributed by atoms with E-state index >= 15 is 0 Å². The summed E-state index contributed by atoms with van der Waals surface area (Å²) in [6, 6.07) is -0.135. The molecular formula is C22H39NO2. The lowest BCUT2D eigenvalue weighted by atomic mass is 10.1. The van der Waals surface area contributed by atoms with E-state index in [9.17, 15) is 4.79 Å². The van der Waals surface area contributed by atoms with Crippen molar-refractivity contribution in [3.63, 3.8) is 0 Å². The second-order valence-corrected chi connectivity index (χ2v) is 6.15. The number of rotatable bonds is 16. The van der Waals surface area contributed by atoms with E-state index < -0.39 is 0 Å². The van der Waals surface area contributed by atoms with Crippen molar-refractivity contribution in [3.05, 3.63) is 36.5 Å². The topological polar surface area (TPSA) is 38.3 Å². The standard InChI is InChI=1S/C22H39NO2/c1-4-7-8-9-10-11-12-13-14-15-16-17-18-19-20-21(23-5-2)22(24)25-6-3/h7-8,10-11,13-14,21,23H,4-6,9,12,15-20H2,1-3H3/b8-7-,11-10-,14-13-. The highest BCUT2D eigenvalue weighted by Crippen LogP contribution is 2.09. The minimum absolute atomic E-state index is 0.106. The Kier molecular flexibility index (Phi) is 18.0. The molecule has 0 aliphatic heterocycles. The highest BCUT2D eigenvalue weighted by molar-refractivity contribution is 5.75. The van der Waals surface area contributed by atoms with Crippen LogP contribution in [0, 0.1) is 0 Å². The van der Waals surface area contributed by atoms with Crippen molar-refractivity contribution in [1.29, 1.82) is 0 Å². The van der Waals surface area contributed by atoms with Crippen molar-refractivity contribution in [2.75, 3.05) is 13.2 Å². The summed E-state index contributed by atoms with van der Waals surface area (Å²) in [6.45, 7) is 7.29. The highest BCUT2D eigenvalue weighted by Gasteiger charge is 2.17. The van der Waals surface area contributed by atoms with E-state index in [0.29, 0.717) is 6.61 Å². The predicted molar refractivity (Wildman–Crippen MR) is 109 cm³/mol. The van der Waals surface area contributed by atoms with E-state index in [1.54, 1.807) is 0 Å². The molecule has 0 aromatic carbocycles. The molecule has 0 saturated heterocycles. The van der Waals surface area contributed by atoms with Crippen molar-refractivity contribution >= 4 is 5.97 Å². The van der Waals surface area contributed by atoms with Crippen LogP contribution in [0.15, 0.2) is 36.5 Å². The van der Waals surface area contributed by atoms with Crippen LogP contribution in [-0.2, 0) is 9.53 Å². The van der Waals surface area contributed by atoms with Gasteiger partial charge >= 0.3 is 5.97 Å². The number of nitrogens with one attached hydrogen (secondary N) is 1. The molecule has 1 atom stereocenters. The highest BCUT2D eigenvalue weighted by atomic mass is 16.5. The largest absolute Gasteiger partial charge is 0.465 e. The number of esters is 1. The molecule has 0 rings (SSSR count). The van der Waals surface area contributed by atoms with Gasteiger partial charge in [0.25, 0.3) is 0 Å². The van der Waals surface area contributed by atoms with Crippen LogP contribution >= 0.6 is 0 Å². The zero-order valence-electron chi connectivity index (χ0n) is 16.6. The lowest BCUT2D eigenvalue weighted by Gasteiger charge is -2.15. The molecule has 0 bridgehead atoms. The summed E-state index contributed by atoms with van der Waals surface area (Å²) in [5, 5.41) is 3.22. The Morgan fingerprint density at radius 1 is 0.880 bits per heavy atom. The van der Waals surface area contributed by atoms with Crippen LogP contribution in [0.5, 0.6) is 0 Å². The monoisotopic (exact) mass is 349 g/mol. The molecule has 0 aliphatic rings. The molecule has 0 radical (unpaired) electrons. The van der Waals surface area contributed by atoms with Gasteiger partial charge in [0.2, 0.25) is 0 Å². The smallest absolute Gasteiger partial charge is 0.323 e. The SMILES string of the molecule is CC/C=C\C/C=C\C/C=C\CCCCCCC(NCC)C(=O)OCC. The summed E-state index contributed by atoms with van der Waals surface area (Å²) in [6.07, 6.45) is 23.3. The molecule has 3 nitrogen and oxygen atoms in total. The number of carbonyl (C=O) groups excluding carboxylic acids is 1. The van der Waals surface area contributed by atoms with E-state index in [1.165, 1.54) is 19.3 Å². The summed E-state index contributed by atoms with van der Waals surface area (Å²) in [4.78, 5) is 11.8. The first-order chi connectivity index (χ1) is 12.3. The van der Waals surface area contributed by atoms with Gasteiger partial charge in [0.05, 0.1) is 6.61 Å². The minimum Gasteiger partial charge on any atom is -0.465 e. The average Bonchev–Trinajstić information content (AvgIpc) is 2.61. The van der Waals surface area contributed by atoms with Gasteiger partial charge in [-0.2, -0.15) is 0 Å². The molecule has 0 spiro atoms. The normalized spacial score (nSPS) is 13.2. The number of hydrogen-bond acceptors (Lipinski definition) is 3. The summed E-state index contributed by atoms with van der Waals surface area (Å²) < 4.78 is 5.11. The van der Waals surface area contributed by atoms with Crippen LogP contribution < -0.4 is 5.32 Å². The van der Waals surface area contributed by atoms with Gasteiger partial charge in [0.1, 0.15) is 6.04 Å². The van der Waals surface area contributed by atoms with Crippen LogP contribution in [0.25, 0.3) is 0 Å². The van der Waals surface area contributed by atoms with Crippen LogP contribution in [0.2, 0.25) is 0 Å². The Labute approximate surface area is 155 Å². The molecule has 0 amide bonds.